The van der Waals surface area contributed by atoms with Gasteiger partial charge < -0.3 is 16.0 Å². The number of nitrogens with zero attached hydrogens (tertiary/aromatic N) is 1. The number of hydrogen-bond acceptors (Lipinski definition) is 4. The molecular weight excluding hydrogens is 588 g/mol. The van der Waals surface area contributed by atoms with Gasteiger partial charge in [-0.05, 0) is 73.0 Å². The SMILES string of the molecule is O=C(Cc1ccccc1Br)NC1=CC=C2NC(=O)C(=C(Nc3ccc(CN4CCCCC4)cc3)c3ccccc3)C2C1. The summed E-state index contributed by atoms with van der Waals surface area (Å²) < 4.78 is 0.911. The zero-order valence-electron chi connectivity index (χ0n) is 23.5. The predicted octanol–water partition coefficient (Wildman–Crippen LogP) is 6.53. The second-order valence-electron chi connectivity index (χ2n) is 11.2. The molecule has 3 aromatic carbocycles. The minimum Gasteiger partial charge on any atom is -0.355 e. The number of nitrogens with one attached hydrogen (secondary N) is 3. The van der Waals surface area contributed by atoms with Gasteiger partial charge >= 0.3 is 0 Å². The van der Waals surface area contributed by atoms with Gasteiger partial charge in [0, 0.05) is 40.4 Å². The molecule has 0 saturated carbocycles. The minimum absolute atomic E-state index is 0.0844. The van der Waals surface area contributed by atoms with E-state index in [1.165, 1.54) is 24.8 Å². The summed E-state index contributed by atoms with van der Waals surface area (Å²) >= 11 is 3.53. The van der Waals surface area contributed by atoms with Gasteiger partial charge in [-0.2, -0.15) is 0 Å². The molecule has 2 saturated heterocycles. The van der Waals surface area contributed by atoms with Crippen molar-refractivity contribution in [1.82, 2.24) is 15.5 Å². The Morgan fingerprint density at radius 2 is 1.62 bits per heavy atom. The molecule has 2 aliphatic heterocycles. The summed E-state index contributed by atoms with van der Waals surface area (Å²) in [6.45, 7) is 3.29. The highest BCUT2D eigenvalue weighted by Crippen LogP contribution is 2.39. The highest BCUT2D eigenvalue weighted by Gasteiger charge is 2.38. The average molecular weight is 624 g/mol. The largest absolute Gasteiger partial charge is 0.355 e. The van der Waals surface area contributed by atoms with Crippen molar-refractivity contribution in [3.05, 3.63) is 129 Å². The molecule has 0 radical (unpaired) electrons. The number of carbonyl (C=O) groups excluding carboxylic acids is 2. The van der Waals surface area contributed by atoms with Crippen LogP contribution in [0.5, 0.6) is 0 Å². The van der Waals surface area contributed by atoms with Crippen LogP contribution in [0.25, 0.3) is 5.70 Å². The van der Waals surface area contributed by atoms with Gasteiger partial charge in [0.1, 0.15) is 0 Å². The Labute approximate surface area is 255 Å². The van der Waals surface area contributed by atoms with Gasteiger partial charge in [-0.3, -0.25) is 14.5 Å². The van der Waals surface area contributed by atoms with Crippen molar-refractivity contribution in [2.45, 2.75) is 38.6 Å². The first-order chi connectivity index (χ1) is 20.5. The van der Waals surface area contributed by atoms with Crippen LogP contribution >= 0.6 is 15.9 Å². The molecule has 3 N–H and O–H groups in total. The van der Waals surface area contributed by atoms with Crippen LogP contribution in [0.3, 0.4) is 0 Å². The van der Waals surface area contributed by atoms with Crippen molar-refractivity contribution in [3.63, 3.8) is 0 Å². The molecule has 1 atom stereocenters. The van der Waals surface area contributed by atoms with Crippen molar-refractivity contribution >= 4 is 39.1 Å². The molecule has 0 aromatic heterocycles. The lowest BCUT2D eigenvalue weighted by atomic mass is 9.88. The normalized spacial score (nSPS) is 19.7. The van der Waals surface area contributed by atoms with E-state index in [2.05, 4.69) is 61.0 Å². The summed E-state index contributed by atoms with van der Waals surface area (Å²) in [6.07, 6.45) is 8.47. The van der Waals surface area contributed by atoms with Crippen molar-refractivity contribution in [1.29, 1.82) is 0 Å². The van der Waals surface area contributed by atoms with E-state index in [0.29, 0.717) is 12.0 Å². The average Bonchev–Trinajstić information content (AvgIpc) is 3.33. The van der Waals surface area contributed by atoms with Crippen LogP contribution in [0.15, 0.2) is 112 Å². The first-order valence-electron chi connectivity index (χ1n) is 14.7. The van der Waals surface area contributed by atoms with E-state index in [0.717, 1.165) is 58.0 Å². The zero-order chi connectivity index (χ0) is 28.9. The summed E-state index contributed by atoms with van der Waals surface area (Å²) in [4.78, 5) is 28.9. The molecule has 6 rings (SSSR count). The van der Waals surface area contributed by atoms with Gasteiger partial charge in [0.05, 0.1) is 17.7 Å². The second-order valence-corrected chi connectivity index (χ2v) is 12.0. The van der Waals surface area contributed by atoms with Crippen LogP contribution in [0.1, 0.15) is 42.4 Å². The molecule has 2 amide bonds. The van der Waals surface area contributed by atoms with Gasteiger partial charge in [-0.1, -0.05) is 83.0 Å². The van der Waals surface area contributed by atoms with E-state index >= 15 is 0 Å². The molecular formula is C35H35BrN4O2. The quantitative estimate of drug-likeness (QED) is 0.250. The third kappa shape index (κ3) is 6.58. The maximum Gasteiger partial charge on any atom is 0.254 e. The van der Waals surface area contributed by atoms with Crippen LogP contribution in [0, 0.1) is 5.92 Å². The Bertz CT molecular complexity index is 1550. The fourth-order valence-corrected chi connectivity index (χ4v) is 6.40. The second kappa shape index (κ2) is 12.9. The Morgan fingerprint density at radius 3 is 2.38 bits per heavy atom. The third-order valence-electron chi connectivity index (χ3n) is 8.13. The predicted molar refractivity (Wildman–Crippen MR) is 171 cm³/mol. The smallest absolute Gasteiger partial charge is 0.254 e. The van der Waals surface area contributed by atoms with Crippen molar-refractivity contribution in [2.75, 3.05) is 18.4 Å². The lowest BCUT2D eigenvalue weighted by molar-refractivity contribution is -0.119. The number of hydrogen-bond donors (Lipinski definition) is 3. The maximum atomic E-state index is 13.5. The Kier molecular flexibility index (Phi) is 8.68. The number of fused-ring (bicyclic) bond motifs is 1. The molecule has 2 fully saturated rings. The number of carbonyl (C=O) groups is 2. The van der Waals surface area contributed by atoms with Gasteiger partial charge in [0.15, 0.2) is 0 Å². The fraction of sp³-hybridized carbons (Fsp3) is 0.257. The molecule has 3 aromatic rings. The van der Waals surface area contributed by atoms with Crippen LogP contribution in [0.4, 0.5) is 5.69 Å². The summed E-state index contributed by atoms with van der Waals surface area (Å²) in [5.74, 6) is -0.394. The van der Waals surface area contributed by atoms with E-state index in [4.69, 9.17) is 0 Å². The summed E-state index contributed by atoms with van der Waals surface area (Å²) in [5.41, 5.74) is 7.20. The summed E-state index contributed by atoms with van der Waals surface area (Å²) in [7, 11) is 0. The third-order valence-corrected chi connectivity index (χ3v) is 8.91. The van der Waals surface area contributed by atoms with E-state index in [9.17, 15) is 9.59 Å². The van der Waals surface area contributed by atoms with Gasteiger partial charge in [0.25, 0.3) is 5.91 Å². The van der Waals surface area contributed by atoms with E-state index in [1.807, 2.05) is 66.7 Å². The Hall–Kier alpha value is -3.94. The molecule has 42 heavy (non-hydrogen) atoms. The molecule has 0 bridgehead atoms. The topological polar surface area (TPSA) is 73.5 Å². The van der Waals surface area contributed by atoms with E-state index in [1.54, 1.807) is 0 Å². The van der Waals surface area contributed by atoms with E-state index < -0.39 is 0 Å². The number of likely N-dealkylation sites (tertiary alicyclic amines) is 1. The number of rotatable bonds is 8. The van der Waals surface area contributed by atoms with Crippen LogP contribution in [-0.2, 0) is 22.6 Å². The zero-order valence-corrected chi connectivity index (χ0v) is 25.1. The van der Waals surface area contributed by atoms with Crippen molar-refractivity contribution in [2.24, 2.45) is 5.92 Å². The van der Waals surface area contributed by atoms with E-state index in [-0.39, 0.29) is 24.2 Å². The molecule has 1 unspecified atom stereocenters. The maximum absolute atomic E-state index is 13.5. The Balaban J connectivity index is 1.23. The van der Waals surface area contributed by atoms with Crippen molar-refractivity contribution in [3.8, 4) is 0 Å². The molecule has 7 heteroatoms. The fourth-order valence-electron chi connectivity index (χ4n) is 5.98. The summed E-state index contributed by atoms with van der Waals surface area (Å²) in [5, 5.41) is 9.75. The lowest BCUT2D eigenvalue weighted by Crippen LogP contribution is -2.29. The van der Waals surface area contributed by atoms with Gasteiger partial charge in [-0.15, -0.1) is 0 Å². The first-order valence-corrected chi connectivity index (χ1v) is 15.5. The number of allylic oxidation sites excluding steroid dienone is 4. The monoisotopic (exact) mass is 622 g/mol. The highest BCUT2D eigenvalue weighted by atomic mass is 79.9. The molecule has 1 aliphatic carbocycles. The number of halogens is 1. The number of piperidine rings is 1. The number of benzene rings is 3. The summed E-state index contributed by atoms with van der Waals surface area (Å²) in [6, 6.07) is 26.3. The molecule has 3 aliphatic rings. The number of anilines is 1. The van der Waals surface area contributed by atoms with Crippen molar-refractivity contribution < 1.29 is 9.59 Å². The van der Waals surface area contributed by atoms with Crippen LogP contribution in [0.2, 0.25) is 0 Å². The first kappa shape index (κ1) is 28.2. The lowest BCUT2D eigenvalue weighted by Gasteiger charge is -2.26. The van der Waals surface area contributed by atoms with Crippen LogP contribution in [-0.4, -0.2) is 29.8 Å². The minimum atomic E-state index is -0.192. The highest BCUT2D eigenvalue weighted by molar-refractivity contribution is 9.10. The number of amides is 2. The van der Waals surface area contributed by atoms with Gasteiger partial charge in [0.2, 0.25) is 5.91 Å². The molecule has 6 nitrogen and oxygen atoms in total. The molecule has 0 spiro atoms. The molecule has 214 valence electrons. The van der Waals surface area contributed by atoms with Gasteiger partial charge in [-0.25, -0.2) is 0 Å². The standard InChI is InChI=1S/C35H35BrN4O2/c36-30-12-6-5-11-26(30)21-32(41)37-28-17-18-31-29(22-28)33(35(42)39-31)34(25-9-3-1-4-10-25)38-27-15-13-24(14-16-27)23-40-19-7-2-8-20-40/h1,3-6,9-18,29,38H,2,7-8,19-23H2,(H,37,41)(H,39,42). The Morgan fingerprint density at radius 1 is 0.881 bits per heavy atom. The van der Waals surface area contributed by atoms with Crippen LogP contribution < -0.4 is 16.0 Å². The molecule has 2 heterocycles.